The van der Waals surface area contributed by atoms with E-state index in [9.17, 15) is 9.18 Å². The molecule has 1 aliphatic rings. The third-order valence-corrected chi connectivity index (χ3v) is 7.06. The molecule has 8 heteroatoms. The van der Waals surface area contributed by atoms with Crippen LogP contribution in [0.4, 0.5) is 4.39 Å². The molecule has 0 unspecified atom stereocenters. The molecule has 5 rings (SSSR count). The average Bonchev–Trinajstić information content (AvgIpc) is 3.67. The fourth-order valence-electron chi connectivity index (χ4n) is 4.38. The summed E-state index contributed by atoms with van der Waals surface area (Å²) in [6, 6.07) is 19.3. The van der Waals surface area contributed by atoms with Crippen molar-refractivity contribution in [1.29, 1.82) is 0 Å². The number of halogens is 1. The van der Waals surface area contributed by atoms with Crippen molar-refractivity contribution in [2.75, 3.05) is 13.2 Å². The van der Waals surface area contributed by atoms with Crippen molar-refractivity contribution in [2.24, 2.45) is 0 Å². The van der Waals surface area contributed by atoms with E-state index in [1.165, 1.54) is 23.5 Å². The molecule has 1 amide bonds. The molecular formula is C28H28FN3O3S. The van der Waals surface area contributed by atoms with Gasteiger partial charge in [-0.2, -0.15) is 5.10 Å². The second-order valence-electron chi connectivity index (χ2n) is 8.69. The molecular weight excluding hydrogens is 477 g/mol. The number of ether oxygens (including phenoxy) is 2. The molecule has 0 bridgehead atoms. The molecule has 2 aromatic carbocycles. The van der Waals surface area contributed by atoms with Crippen molar-refractivity contribution in [3.05, 3.63) is 94.1 Å². The highest BCUT2D eigenvalue weighted by Crippen LogP contribution is 2.33. The van der Waals surface area contributed by atoms with Crippen LogP contribution in [0.1, 0.15) is 40.7 Å². The average molecular weight is 506 g/mol. The lowest BCUT2D eigenvalue weighted by Crippen LogP contribution is -2.36. The van der Waals surface area contributed by atoms with Crippen LogP contribution in [0.3, 0.4) is 0 Å². The Morgan fingerprint density at radius 2 is 1.97 bits per heavy atom. The standard InChI is InChI=1S/C28H28FN3O3S/c1-2-25-24(19-31(18-23-10-6-16-34-23)27(33)26-11-7-17-36-26)28(35-22-8-4-3-5-9-22)32(30-25)21-14-12-20(29)13-15-21/h3-5,7-9,11-15,17,23H,2,6,10,16,18-19H2,1H3/t23-/m1/s1. The summed E-state index contributed by atoms with van der Waals surface area (Å²) in [6.45, 7) is 3.56. The number of thiophene rings is 1. The number of benzene rings is 2. The summed E-state index contributed by atoms with van der Waals surface area (Å²) in [5, 5.41) is 6.74. The van der Waals surface area contributed by atoms with Crippen molar-refractivity contribution in [1.82, 2.24) is 14.7 Å². The van der Waals surface area contributed by atoms with E-state index in [1.807, 2.05) is 59.7 Å². The molecule has 1 atom stereocenters. The van der Waals surface area contributed by atoms with E-state index >= 15 is 0 Å². The largest absolute Gasteiger partial charge is 0.439 e. The minimum atomic E-state index is -0.323. The molecule has 186 valence electrons. The van der Waals surface area contributed by atoms with E-state index in [0.717, 1.165) is 30.7 Å². The Balaban J connectivity index is 1.57. The predicted molar refractivity (Wildman–Crippen MR) is 137 cm³/mol. The summed E-state index contributed by atoms with van der Waals surface area (Å²) in [4.78, 5) is 16.1. The quantitative estimate of drug-likeness (QED) is 0.270. The maximum absolute atomic E-state index is 13.7. The van der Waals surface area contributed by atoms with E-state index in [2.05, 4.69) is 0 Å². The van der Waals surface area contributed by atoms with Crippen LogP contribution in [-0.2, 0) is 17.7 Å². The Bertz CT molecular complexity index is 1280. The minimum Gasteiger partial charge on any atom is -0.439 e. The van der Waals surface area contributed by atoms with Gasteiger partial charge < -0.3 is 14.4 Å². The van der Waals surface area contributed by atoms with Crippen LogP contribution in [0.25, 0.3) is 5.69 Å². The zero-order valence-corrected chi connectivity index (χ0v) is 20.9. The highest BCUT2D eigenvalue weighted by Gasteiger charge is 2.28. The number of carbonyl (C=O) groups is 1. The van der Waals surface area contributed by atoms with Crippen LogP contribution in [0.15, 0.2) is 72.1 Å². The van der Waals surface area contributed by atoms with Crippen LogP contribution < -0.4 is 4.74 Å². The highest BCUT2D eigenvalue weighted by molar-refractivity contribution is 7.12. The first kappa shape index (κ1) is 24.2. The Morgan fingerprint density at radius 1 is 1.17 bits per heavy atom. The number of aryl methyl sites for hydroxylation is 1. The van der Waals surface area contributed by atoms with Crippen molar-refractivity contribution in [3.63, 3.8) is 0 Å². The van der Waals surface area contributed by atoms with Gasteiger partial charge in [-0.1, -0.05) is 31.2 Å². The lowest BCUT2D eigenvalue weighted by molar-refractivity contribution is 0.0509. The smallest absolute Gasteiger partial charge is 0.264 e. The molecule has 4 aromatic rings. The Hall–Kier alpha value is -3.49. The lowest BCUT2D eigenvalue weighted by Gasteiger charge is -2.25. The lowest BCUT2D eigenvalue weighted by atomic mass is 10.1. The Labute approximate surface area is 213 Å². The summed E-state index contributed by atoms with van der Waals surface area (Å²) >= 11 is 1.43. The second-order valence-corrected chi connectivity index (χ2v) is 9.63. The Morgan fingerprint density at radius 3 is 2.64 bits per heavy atom. The first-order valence-electron chi connectivity index (χ1n) is 12.2. The normalized spacial score (nSPS) is 15.2. The molecule has 0 spiro atoms. The maximum Gasteiger partial charge on any atom is 0.264 e. The van der Waals surface area contributed by atoms with Gasteiger partial charge >= 0.3 is 0 Å². The van der Waals surface area contributed by atoms with Gasteiger partial charge in [0.1, 0.15) is 11.6 Å². The van der Waals surface area contributed by atoms with Crippen LogP contribution >= 0.6 is 11.3 Å². The van der Waals surface area contributed by atoms with Gasteiger partial charge in [-0.15, -0.1) is 11.3 Å². The van der Waals surface area contributed by atoms with E-state index in [-0.39, 0.29) is 17.8 Å². The molecule has 1 saturated heterocycles. The summed E-state index contributed by atoms with van der Waals surface area (Å²) in [6.07, 6.45) is 2.58. The molecule has 1 aliphatic heterocycles. The van der Waals surface area contributed by atoms with Crippen LogP contribution in [0.5, 0.6) is 11.6 Å². The number of rotatable bonds is 9. The third kappa shape index (κ3) is 5.34. The van der Waals surface area contributed by atoms with Gasteiger partial charge in [0.25, 0.3) is 5.91 Å². The third-order valence-electron chi connectivity index (χ3n) is 6.20. The molecule has 0 aliphatic carbocycles. The van der Waals surface area contributed by atoms with Crippen molar-refractivity contribution < 1.29 is 18.7 Å². The van der Waals surface area contributed by atoms with Crippen molar-refractivity contribution in [2.45, 2.75) is 38.8 Å². The summed E-state index contributed by atoms with van der Waals surface area (Å²) in [7, 11) is 0. The summed E-state index contributed by atoms with van der Waals surface area (Å²) < 4.78 is 27.6. The van der Waals surface area contributed by atoms with Gasteiger partial charge in [0.15, 0.2) is 0 Å². The van der Waals surface area contributed by atoms with Gasteiger partial charge in [0.05, 0.1) is 34.5 Å². The molecule has 0 saturated carbocycles. The SMILES string of the molecule is CCc1nn(-c2ccc(F)cc2)c(Oc2ccccc2)c1CN(C[C@H]1CCCO1)C(=O)c1cccs1. The molecule has 36 heavy (non-hydrogen) atoms. The molecule has 0 radical (unpaired) electrons. The first-order chi connectivity index (χ1) is 17.6. The monoisotopic (exact) mass is 505 g/mol. The second kappa shape index (κ2) is 11.1. The van der Waals surface area contributed by atoms with E-state index in [4.69, 9.17) is 14.6 Å². The van der Waals surface area contributed by atoms with Crippen LogP contribution in [0, 0.1) is 5.82 Å². The van der Waals surface area contributed by atoms with Gasteiger partial charge in [-0.3, -0.25) is 4.79 Å². The first-order valence-corrected chi connectivity index (χ1v) is 13.0. The van der Waals surface area contributed by atoms with E-state index < -0.39 is 0 Å². The van der Waals surface area contributed by atoms with E-state index in [1.54, 1.807) is 16.8 Å². The molecule has 6 nitrogen and oxygen atoms in total. The van der Waals surface area contributed by atoms with Gasteiger partial charge in [-0.25, -0.2) is 9.07 Å². The summed E-state index contributed by atoms with van der Waals surface area (Å²) in [5.41, 5.74) is 2.33. The molecule has 2 aromatic heterocycles. The van der Waals surface area contributed by atoms with Crippen molar-refractivity contribution >= 4 is 17.2 Å². The number of carbonyl (C=O) groups excluding carboxylic acids is 1. The number of hydrogen-bond donors (Lipinski definition) is 0. The fourth-order valence-corrected chi connectivity index (χ4v) is 5.07. The number of hydrogen-bond acceptors (Lipinski definition) is 5. The van der Waals surface area contributed by atoms with Crippen LogP contribution in [0.2, 0.25) is 0 Å². The van der Waals surface area contributed by atoms with Gasteiger partial charge in [0, 0.05) is 13.2 Å². The predicted octanol–water partition coefficient (Wildman–Crippen LogP) is 6.25. The Kier molecular flexibility index (Phi) is 7.44. The van der Waals surface area contributed by atoms with E-state index in [0.29, 0.717) is 41.7 Å². The molecule has 1 fully saturated rings. The van der Waals surface area contributed by atoms with Gasteiger partial charge in [0.2, 0.25) is 5.88 Å². The minimum absolute atomic E-state index is 0.00428. The number of para-hydroxylation sites is 1. The summed E-state index contributed by atoms with van der Waals surface area (Å²) in [5.74, 6) is 0.806. The zero-order valence-electron chi connectivity index (χ0n) is 20.1. The molecule has 0 N–H and O–H groups in total. The topological polar surface area (TPSA) is 56.6 Å². The molecule has 3 heterocycles. The number of amides is 1. The number of nitrogens with zero attached hydrogens (tertiary/aromatic N) is 3. The number of aromatic nitrogens is 2. The van der Waals surface area contributed by atoms with Crippen LogP contribution in [-0.4, -0.2) is 39.8 Å². The fraction of sp³-hybridized carbons (Fsp3) is 0.286. The zero-order chi connectivity index (χ0) is 24.9. The maximum atomic E-state index is 13.7. The highest BCUT2D eigenvalue weighted by atomic mass is 32.1. The van der Waals surface area contributed by atoms with Gasteiger partial charge in [-0.05, 0) is 67.1 Å². The van der Waals surface area contributed by atoms with Crippen molar-refractivity contribution in [3.8, 4) is 17.3 Å².